The molecule has 0 radical (unpaired) electrons. The van der Waals surface area contributed by atoms with E-state index in [1.54, 1.807) is 42.5 Å². The zero-order valence-corrected chi connectivity index (χ0v) is 27.4. The predicted octanol–water partition coefficient (Wildman–Crippen LogP) is 9.14. The smallest absolute Gasteiger partial charge is 0.272 e. The predicted molar refractivity (Wildman–Crippen MR) is 196 cm³/mol. The molecule has 0 saturated heterocycles. The Kier molecular flexibility index (Phi) is 10.5. The zero-order chi connectivity index (χ0) is 34.0. The van der Waals surface area contributed by atoms with Crippen LogP contribution in [0.4, 0.5) is 11.4 Å². The highest BCUT2D eigenvalue weighted by molar-refractivity contribution is 8.00. The minimum atomic E-state index is -0.526. The van der Waals surface area contributed by atoms with Crippen LogP contribution in [-0.2, 0) is 9.59 Å². The average molecular weight is 664 g/mol. The number of carbonyl (C=O) groups excluding carboxylic acids is 3. The highest BCUT2D eigenvalue weighted by Crippen LogP contribution is 2.37. The van der Waals surface area contributed by atoms with E-state index in [0.717, 1.165) is 27.3 Å². The lowest BCUT2D eigenvalue weighted by Crippen LogP contribution is -2.30. The number of carbonyl (C=O) groups is 3. The Balaban J connectivity index is 1.20. The van der Waals surface area contributed by atoms with E-state index < -0.39 is 17.1 Å². The summed E-state index contributed by atoms with van der Waals surface area (Å²) in [4.78, 5) is 41.1. The second-order valence-corrected chi connectivity index (χ2v) is 12.3. The number of thioether (sulfide) groups is 1. The molecule has 0 saturated carbocycles. The standard InChI is InChI=1S/C41H33N3O4S/c1-28-13-11-12-20-35(28)43-41(47)38(30-16-7-3-8-17-30)49-34-24-21-32(22-25-34)42-40(46)36(44-39(45)31-18-9-4-10-19-31)27-33-23-26-37(48-33)29-14-5-2-6-15-29/h2-27,38H,1H3,(H,42,46)(H,43,47)(H,44,45)/b36-27-/t38-/m0/s1. The molecule has 7 nitrogen and oxygen atoms in total. The first kappa shape index (κ1) is 32.8. The monoisotopic (exact) mass is 663 g/mol. The molecule has 6 rings (SSSR count). The van der Waals surface area contributed by atoms with Crippen molar-refractivity contribution >= 4 is 46.9 Å². The first-order valence-corrected chi connectivity index (χ1v) is 16.5. The molecule has 0 fully saturated rings. The van der Waals surface area contributed by atoms with E-state index in [9.17, 15) is 14.4 Å². The third kappa shape index (κ3) is 8.62. The Labute approximate surface area is 289 Å². The van der Waals surface area contributed by atoms with Crippen molar-refractivity contribution in [3.05, 3.63) is 180 Å². The Morgan fingerprint density at radius 1 is 0.673 bits per heavy atom. The van der Waals surface area contributed by atoms with E-state index in [4.69, 9.17) is 4.42 Å². The summed E-state index contributed by atoms with van der Waals surface area (Å²) >= 11 is 1.41. The molecular formula is C41H33N3O4S. The molecule has 0 aliphatic rings. The van der Waals surface area contributed by atoms with Gasteiger partial charge in [0.25, 0.3) is 11.8 Å². The maximum absolute atomic E-state index is 13.6. The van der Waals surface area contributed by atoms with Gasteiger partial charge in [-0.15, -0.1) is 11.8 Å². The van der Waals surface area contributed by atoms with E-state index >= 15 is 0 Å². The lowest BCUT2D eigenvalue weighted by molar-refractivity contribution is -0.116. The molecule has 0 aliphatic heterocycles. The summed E-state index contributed by atoms with van der Waals surface area (Å²) < 4.78 is 6.00. The van der Waals surface area contributed by atoms with Crippen LogP contribution in [0.2, 0.25) is 0 Å². The van der Waals surface area contributed by atoms with Crippen molar-refractivity contribution in [1.29, 1.82) is 0 Å². The quantitative estimate of drug-likeness (QED) is 0.0948. The number of hydrogen-bond acceptors (Lipinski definition) is 5. The van der Waals surface area contributed by atoms with Gasteiger partial charge in [0.05, 0.1) is 0 Å². The summed E-state index contributed by atoms with van der Waals surface area (Å²) in [5, 5.41) is 8.18. The van der Waals surface area contributed by atoms with Crippen molar-refractivity contribution < 1.29 is 18.8 Å². The minimum absolute atomic E-state index is 0.0123. The first-order chi connectivity index (χ1) is 23.9. The number of rotatable bonds is 11. The van der Waals surface area contributed by atoms with Crippen LogP contribution in [0.3, 0.4) is 0 Å². The van der Waals surface area contributed by atoms with Crippen molar-refractivity contribution in [2.45, 2.75) is 17.1 Å². The molecule has 3 amide bonds. The molecule has 6 aromatic rings. The normalized spacial score (nSPS) is 11.7. The van der Waals surface area contributed by atoms with Gasteiger partial charge in [0.2, 0.25) is 5.91 Å². The Morgan fingerprint density at radius 3 is 2.00 bits per heavy atom. The fourth-order valence-electron chi connectivity index (χ4n) is 5.04. The van der Waals surface area contributed by atoms with Crippen molar-refractivity contribution in [3.8, 4) is 11.3 Å². The van der Waals surface area contributed by atoms with Gasteiger partial charge in [0.1, 0.15) is 22.5 Å². The number of hydrogen-bond donors (Lipinski definition) is 3. The molecule has 3 N–H and O–H groups in total. The van der Waals surface area contributed by atoms with Crippen molar-refractivity contribution in [3.63, 3.8) is 0 Å². The molecule has 0 aliphatic carbocycles. The van der Waals surface area contributed by atoms with E-state index in [2.05, 4.69) is 16.0 Å². The number of benzene rings is 5. The Hall–Kier alpha value is -6.12. The number of nitrogens with one attached hydrogen (secondary N) is 3. The summed E-state index contributed by atoms with van der Waals surface area (Å²) in [6, 6.07) is 46.3. The third-order valence-corrected chi connectivity index (χ3v) is 8.88. The van der Waals surface area contributed by atoms with Crippen LogP contribution in [0.25, 0.3) is 17.4 Å². The molecule has 0 bridgehead atoms. The molecule has 1 aromatic heterocycles. The van der Waals surface area contributed by atoms with Crippen LogP contribution >= 0.6 is 11.8 Å². The van der Waals surface area contributed by atoms with E-state index in [1.165, 1.54) is 17.8 Å². The van der Waals surface area contributed by atoms with Gasteiger partial charge < -0.3 is 20.4 Å². The van der Waals surface area contributed by atoms with Crippen LogP contribution in [0.5, 0.6) is 0 Å². The number of amides is 3. The molecule has 0 spiro atoms. The summed E-state index contributed by atoms with van der Waals surface area (Å²) in [5.74, 6) is -0.0580. The summed E-state index contributed by atoms with van der Waals surface area (Å²) in [6.45, 7) is 1.96. The molecule has 1 atom stereocenters. The van der Waals surface area contributed by atoms with Crippen LogP contribution in [0.15, 0.2) is 167 Å². The number of furan rings is 1. The largest absolute Gasteiger partial charge is 0.457 e. The van der Waals surface area contributed by atoms with Gasteiger partial charge >= 0.3 is 0 Å². The van der Waals surface area contributed by atoms with Gasteiger partial charge in [0, 0.05) is 33.5 Å². The second kappa shape index (κ2) is 15.6. The highest BCUT2D eigenvalue weighted by Gasteiger charge is 2.23. The molecule has 8 heteroatoms. The molecular weight excluding hydrogens is 631 g/mol. The van der Waals surface area contributed by atoms with E-state index in [-0.39, 0.29) is 11.6 Å². The highest BCUT2D eigenvalue weighted by atomic mass is 32.2. The molecule has 49 heavy (non-hydrogen) atoms. The lowest BCUT2D eigenvalue weighted by atomic mass is 10.1. The van der Waals surface area contributed by atoms with E-state index in [0.29, 0.717) is 22.8 Å². The van der Waals surface area contributed by atoms with Gasteiger partial charge in [-0.1, -0.05) is 97.1 Å². The van der Waals surface area contributed by atoms with E-state index in [1.807, 2.05) is 116 Å². The number of aryl methyl sites for hydroxylation is 1. The maximum atomic E-state index is 13.6. The fourth-order valence-corrected chi connectivity index (χ4v) is 6.06. The molecule has 5 aromatic carbocycles. The Morgan fingerprint density at radius 2 is 1.31 bits per heavy atom. The fraction of sp³-hybridized carbons (Fsp3) is 0.0488. The number of para-hydroxylation sites is 1. The molecule has 242 valence electrons. The van der Waals surface area contributed by atoms with Gasteiger partial charge in [0.15, 0.2) is 0 Å². The van der Waals surface area contributed by atoms with Gasteiger partial charge in [-0.2, -0.15) is 0 Å². The van der Waals surface area contributed by atoms with Crippen LogP contribution in [0.1, 0.15) is 32.5 Å². The van der Waals surface area contributed by atoms with Crippen molar-refractivity contribution in [1.82, 2.24) is 5.32 Å². The van der Waals surface area contributed by atoms with Gasteiger partial charge in [-0.05, 0) is 72.6 Å². The van der Waals surface area contributed by atoms with Crippen molar-refractivity contribution in [2.24, 2.45) is 0 Å². The Bertz CT molecular complexity index is 2080. The average Bonchev–Trinajstić information content (AvgIpc) is 3.61. The second-order valence-electron chi connectivity index (χ2n) is 11.1. The molecule has 1 heterocycles. The third-order valence-electron chi connectivity index (χ3n) is 7.61. The maximum Gasteiger partial charge on any atom is 0.272 e. The summed E-state index contributed by atoms with van der Waals surface area (Å²) in [5.41, 5.74) is 4.43. The number of anilines is 2. The molecule has 0 unspecified atom stereocenters. The first-order valence-electron chi connectivity index (χ1n) is 15.7. The van der Waals surface area contributed by atoms with Crippen molar-refractivity contribution in [2.75, 3.05) is 10.6 Å². The topological polar surface area (TPSA) is 100 Å². The minimum Gasteiger partial charge on any atom is -0.457 e. The summed E-state index contributed by atoms with van der Waals surface area (Å²) in [6.07, 6.45) is 1.50. The van der Waals surface area contributed by atoms with Gasteiger partial charge in [-0.3, -0.25) is 14.4 Å². The van der Waals surface area contributed by atoms with Crippen LogP contribution in [-0.4, -0.2) is 17.7 Å². The SMILES string of the molecule is Cc1ccccc1NC(=O)[C@@H](Sc1ccc(NC(=O)/C(=C/c2ccc(-c3ccccc3)o2)NC(=O)c2ccccc2)cc1)c1ccccc1. The van der Waals surface area contributed by atoms with Crippen LogP contribution in [0, 0.1) is 6.92 Å². The zero-order valence-electron chi connectivity index (χ0n) is 26.6. The summed E-state index contributed by atoms with van der Waals surface area (Å²) in [7, 11) is 0. The van der Waals surface area contributed by atoms with Crippen LogP contribution < -0.4 is 16.0 Å². The lowest BCUT2D eigenvalue weighted by Gasteiger charge is -2.18. The van der Waals surface area contributed by atoms with Gasteiger partial charge in [-0.25, -0.2) is 0 Å².